The Morgan fingerprint density at radius 1 is 1.33 bits per heavy atom. The predicted molar refractivity (Wildman–Crippen MR) is 78.2 cm³/mol. The fourth-order valence-corrected chi connectivity index (χ4v) is 4.31. The molecule has 0 bridgehead atoms. The predicted octanol–water partition coefficient (Wildman–Crippen LogP) is 0.600. The minimum absolute atomic E-state index is 0.450. The molecule has 0 saturated carbocycles. The summed E-state index contributed by atoms with van der Waals surface area (Å²) in [5.41, 5.74) is 0. The third-order valence-corrected chi connectivity index (χ3v) is 5.82. The topological polar surface area (TPSA) is 52.7 Å². The molecule has 1 saturated heterocycles. The molecule has 0 radical (unpaired) electrons. The molecule has 0 spiro atoms. The summed E-state index contributed by atoms with van der Waals surface area (Å²) in [5.74, 6) is 1.81. The zero-order valence-electron chi connectivity index (χ0n) is 11.6. The molecule has 1 aliphatic heterocycles. The maximum absolute atomic E-state index is 12.2. The molecule has 1 fully saturated rings. The summed E-state index contributed by atoms with van der Waals surface area (Å²) in [6, 6.07) is 0.450. The molecule has 18 heavy (non-hydrogen) atoms. The maximum atomic E-state index is 12.2. The zero-order valence-corrected chi connectivity index (χ0v) is 13.2. The van der Waals surface area contributed by atoms with E-state index in [2.05, 4.69) is 19.2 Å². The Morgan fingerprint density at radius 2 is 1.94 bits per heavy atom. The second-order valence-electron chi connectivity index (χ2n) is 4.80. The summed E-state index contributed by atoms with van der Waals surface area (Å²) in [4.78, 5) is 0. The lowest BCUT2D eigenvalue weighted by Gasteiger charge is -2.30. The highest BCUT2D eigenvalue weighted by atomic mass is 32.2. The van der Waals surface area contributed by atoms with Gasteiger partial charge in [0.25, 0.3) is 10.2 Å². The molecule has 1 aliphatic rings. The van der Waals surface area contributed by atoms with E-state index in [9.17, 15) is 8.42 Å². The highest BCUT2D eigenvalue weighted by molar-refractivity contribution is 7.99. The summed E-state index contributed by atoms with van der Waals surface area (Å²) >= 11 is 1.82. The average molecular weight is 295 g/mol. The summed E-state index contributed by atoms with van der Waals surface area (Å²) in [6.45, 7) is 6.89. The Balaban J connectivity index is 2.36. The SMILES string of the molecule is CC(C)NCCCN(C)S(=O)(=O)N1CCSCC1. The number of hydrogen-bond acceptors (Lipinski definition) is 4. The number of rotatable bonds is 7. The molecule has 0 aromatic rings. The lowest BCUT2D eigenvalue weighted by Crippen LogP contribution is -2.46. The van der Waals surface area contributed by atoms with Crippen molar-refractivity contribution in [3.63, 3.8) is 0 Å². The van der Waals surface area contributed by atoms with Crippen molar-refractivity contribution in [1.82, 2.24) is 13.9 Å². The second-order valence-corrected chi connectivity index (χ2v) is 8.06. The molecule has 1 rings (SSSR count). The molecule has 5 nitrogen and oxygen atoms in total. The Hall–Kier alpha value is 0.180. The number of nitrogens with one attached hydrogen (secondary N) is 1. The first-order valence-corrected chi connectivity index (χ1v) is 9.02. The van der Waals surface area contributed by atoms with E-state index in [0.29, 0.717) is 25.7 Å². The Morgan fingerprint density at radius 3 is 2.50 bits per heavy atom. The monoisotopic (exact) mass is 295 g/mol. The van der Waals surface area contributed by atoms with Crippen molar-refractivity contribution in [1.29, 1.82) is 0 Å². The van der Waals surface area contributed by atoms with Crippen LogP contribution in [0.1, 0.15) is 20.3 Å². The summed E-state index contributed by atoms with van der Waals surface area (Å²) < 4.78 is 27.5. The van der Waals surface area contributed by atoms with E-state index < -0.39 is 10.2 Å². The minimum Gasteiger partial charge on any atom is -0.314 e. The quantitative estimate of drug-likeness (QED) is 0.699. The van der Waals surface area contributed by atoms with Gasteiger partial charge < -0.3 is 5.32 Å². The molecule has 0 aliphatic carbocycles. The van der Waals surface area contributed by atoms with Crippen LogP contribution in [0.15, 0.2) is 0 Å². The average Bonchev–Trinajstić information content (AvgIpc) is 2.35. The molecule has 108 valence electrons. The van der Waals surface area contributed by atoms with E-state index in [0.717, 1.165) is 24.5 Å². The maximum Gasteiger partial charge on any atom is 0.281 e. The number of hydrogen-bond donors (Lipinski definition) is 1. The van der Waals surface area contributed by atoms with Gasteiger partial charge in [-0.15, -0.1) is 0 Å². The van der Waals surface area contributed by atoms with E-state index in [1.807, 2.05) is 11.8 Å². The van der Waals surface area contributed by atoms with Crippen LogP contribution in [0, 0.1) is 0 Å². The fraction of sp³-hybridized carbons (Fsp3) is 1.00. The first-order valence-electron chi connectivity index (χ1n) is 6.47. The van der Waals surface area contributed by atoms with Gasteiger partial charge in [-0.2, -0.15) is 28.8 Å². The normalized spacial score (nSPS) is 18.7. The molecule has 0 aromatic heterocycles. The van der Waals surface area contributed by atoms with Gasteiger partial charge >= 0.3 is 0 Å². The van der Waals surface area contributed by atoms with Crippen LogP contribution in [-0.4, -0.2) is 67.8 Å². The Labute approximate surface area is 115 Å². The van der Waals surface area contributed by atoms with E-state index in [1.165, 1.54) is 4.31 Å². The summed E-state index contributed by atoms with van der Waals surface area (Å²) in [6.07, 6.45) is 0.844. The van der Waals surface area contributed by atoms with Gasteiger partial charge in [0.05, 0.1) is 0 Å². The molecular formula is C11H25N3O2S2. The van der Waals surface area contributed by atoms with Crippen molar-refractivity contribution in [2.75, 3.05) is 44.7 Å². The first-order chi connectivity index (χ1) is 8.44. The second kappa shape index (κ2) is 7.69. The van der Waals surface area contributed by atoms with Gasteiger partial charge in [0, 0.05) is 44.2 Å². The number of nitrogens with zero attached hydrogens (tertiary/aromatic N) is 2. The first kappa shape index (κ1) is 16.2. The minimum atomic E-state index is -3.24. The lowest BCUT2D eigenvalue weighted by atomic mass is 10.3. The van der Waals surface area contributed by atoms with Crippen LogP contribution in [0.5, 0.6) is 0 Å². The van der Waals surface area contributed by atoms with Gasteiger partial charge in [-0.3, -0.25) is 0 Å². The zero-order chi connectivity index (χ0) is 13.6. The summed E-state index contributed by atoms with van der Waals surface area (Å²) in [5, 5.41) is 3.29. The van der Waals surface area contributed by atoms with Crippen LogP contribution in [-0.2, 0) is 10.2 Å². The molecule has 7 heteroatoms. The van der Waals surface area contributed by atoms with E-state index in [-0.39, 0.29) is 0 Å². The molecule has 0 aromatic carbocycles. The molecule has 0 amide bonds. The van der Waals surface area contributed by atoms with Gasteiger partial charge in [0.1, 0.15) is 0 Å². The van der Waals surface area contributed by atoms with Gasteiger partial charge in [-0.05, 0) is 13.0 Å². The van der Waals surface area contributed by atoms with Crippen LogP contribution in [0.2, 0.25) is 0 Å². The van der Waals surface area contributed by atoms with E-state index in [1.54, 1.807) is 11.4 Å². The lowest BCUT2D eigenvalue weighted by molar-refractivity contribution is 0.371. The van der Waals surface area contributed by atoms with Crippen molar-refractivity contribution >= 4 is 22.0 Å². The summed E-state index contributed by atoms with van der Waals surface area (Å²) in [7, 11) is -1.56. The molecule has 1 N–H and O–H groups in total. The molecule has 0 atom stereocenters. The third kappa shape index (κ3) is 5.05. The number of thioether (sulfide) groups is 1. The van der Waals surface area contributed by atoms with Gasteiger partial charge in [-0.1, -0.05) is 13.8 Å². The van der Waals surface area contributed by atoms with Gasteiger partial charge in [-0.25, -0.2) is 0 Å². The highest BCUT2D eigenvalue weighted by Gasteiger charge is 2.27. The smallest absolute Gasteiger partial charge is 0.281 e. The van der Waals surface area contributed by atoms with Gasteiger partial charge in [0.2, 0.25) is 0 Å². The van der Waals surface area contributed by atoms with Crippen LogP contribution < -0.4 is 5.32 Å². The van der Waals surface area contributed by atoms with Crippen LogP contribution in [0.3, 0.4) is 0 Å². The standard InChI is InChI=1S/C11H25N3O2S2/c1-11(2)12-5-4-6-13(3)18(15,16)14-7-9-17-10-8-14/h11-12H,4-10H2,1-3H3. The van der Waals surface area contributed by atoms with Crippen molar-refractivity contribution < 1.29 is 8.42 Å². The largest absolute Gasteiger partial charge is 0.314 e. The van der Waals surface area contributed by atoms with Crippen LogP contribution in [0.4, 0.5) is 0 Å². The van der Waals surface area contributed by atoms with Crippen molar-refractivity contribution in [3.8, 4) is 0 Å². The van der Waals surface area contributed by atoms with Crippen LogP contribution in [0.25, 0.3) is 0 Å². The van der Waals surface area contributed by atoms with Crippen LogP contribution >= 0.6 is 11.8 Å². The highest BCUT2D eigenvalue weighted by Crippen LogP contribution is 2.15. The Bertz CT molecular complexity index is 327. The fourth-order valence-electron chi connectivity index (χ4n) is 1.78. The van der Waals surface area contributed by atoms with E-state index in [4.69, 9.17) is 0 Å². The van der Waals surface area contributed by atoms with E-state index >= 15 is 0 Å². The third-order valence-electron chi connectivity index (χ3n) is 2.89. The van der Waals surface area contributed by atoms with Crippen molar-refractivity contribution in [2.45, 2.75) is 26.3 Å². The molecule has 0 unspecified atom stereocenters. The molecular weight excluding hydrogens is 270 g/mol. The van der Waals surface area contributed by atoms with Crippen molar-refractivity contribution in [2.24, 2.45) is 0 Å². The Kier molecular flexibility index (Phi) is 6.94. The van der Waals surface area contributed by atoms with Crippen molar-refractivity contribution in [3.05, 3.63) is 0 Å². The molecule has 1 heterocycles. The van der Waals surface area contributed by atoms with Gasteiger partial charge in [0.15, 0.2) is 0 Å².